The lowest BCUT2D eigenvalue weighted by Gasteiger charge is -2.10. The largest absolute Gasteiger partial charge is 0.277 e. The maximum Gasteiger partial charge on any atom is 0.266 e. The van der Waals surface area contributed by atoms with Crippen LogP contribution in [0.15, 0.2) is 21.7 Å². The first kappa shape index (κ1) is 14.4. The maximum atomic E-state index is 11.7. The van der Waals surface area contributed by atoms with Gasteiger partial charge in [-0.3, -0.25) is 10.2 Å². The average molecular weight is 324 g/mol. The highest BCUT2D eigenvalue weighted by atomic mass is 32.2. The maximum absolute atomic E-state index is 11.7. The SMILES string of the molecule is O=C(NNS(=O)(=O)c1cccs1)[C@@H]1CCS(=O)(=O)C1. The van der Waals surface area contributed by atoms with Crippen LogP contribution in [0.3, 0.4) is 0 Å². The number of sulfone groups is 1. The molecule has 0 bridgehead atoms. The number of rotatable bonds is 4. The van der Waals surface area contributed by atoms with Gasteiger partial charge in [-0.05, 0) is 17.9 Å². The lowest BCUT2D eigenvalue weighted by atomic mass is 10.1. The van der Waals surface area contributed by atoms with E-state index in [0.717, 1.165) is 11.3 Å². The molecule has 1 aromatic rings. The van der Waals surface area contributed by atoms with Gasteiger partial charge in [0.15, 0.2) is 9.84 Å². The van der Waals surface area contributed by atoms with Crippen LogP contribution in [0.4, 0.5) is 0 Å². The normalized spacial score (nSPS) is 22.2. The van der Waals surface area contributed by atoms with Gasteiger partial charge in [0.2, 0.25) is 5.91 Å². The molecule has 1 aliphatic heterocycles. The predicted molar refractivity (Wildman–Crippen MR) is 69.5 cm³/mol. The summed E-state index contributed by atoms with van der Waals surface area (Å²) in [5.74, 6) is -1.60. The topological polar surface area (TPSA) is 109 Å². The van der Waals surface area contributed by atoms with Crippen LogP contribution < -0.4 is 10.3 Å². The van der Waals surface area contributed by atoms with Crippen molar-refractivity contribution in [3.8, 4) is 0 Å². The smallest absolute Gasteiger partial charge is 0.266 e. The Labute approximate surface area is 115 Å². The molecule has 0 unspecified atom stereocenters. The number of hydrogen-bond donors (Lipinski definition) is 2. The van der Waals surface area contributed by atoms with Crippen molar-refractivity contribution in [1.29, 1.82) is 0 Å². The Hall–Kier alpha value is -0.970. The average Bonchev–Trinajstić information content (AvgIpc) is 2.95. The van der Waals surface area contributed by atoms with Gasteiger partial charge in [0, 0.05) is 0 Å². The number of carbonyl (C=O) groups is 1. The molecule has 1 saturated heterocycles. The fourth-order valence-corrected chi connectivity index (χ4v) is 5.27. The van der Waals surface area contributed by atoms with Gasteiger partial charge in [-0.15, -0.1) is 16.2 Å². The molecule has 0 aliphatic carbocycles. The number of hydrazine groups is 1. The van der Waals surface area contributed by atoms with Crippen molar-refractivity contribution < 1.29 is 21.6 Å². The Morgan fingerprint density at radius 3 is 2.68 bits per heavy atom. The summed E-state index contributed by atoms with van der Waals surface area (Å²) in [5.41, 5.74) is 2.06. The van der Waals surface area contributed by atoms with E-state index < -0.39 is 31.7 Å². The third-order valence-electron chi connectivity index (χ3n) is 2.67. The Morgan fingerprint density at radius 1 is 1.42 bits per heavy atom. The second-order valence-corrected chi connectivity index (χ2v) is 9.21. The second-order valence-electron chi connectivity index (χ2n) is 4.13. The molecule has 0 radical (unpaired) electrons. The number of hydrogen-bond acceptors (Lipinski definition) is 6. The van der Waals surface area contributed by atoms with Gasteiger partial charge in [-0.25, -0.2) is 16.8 Å². The van der Waals surface area contributed by atoms with E-state index in [1.165, 1.54) is 6.07 Å². The summed E-state index contributed by atoms with van der Waals surface area (Å²) in [4.78, 5) is 13.6. The van der Waals surface area contributed by atoms with Crippen LogP contribution in [0.25, 0.3) is 0 Å². The van der Waals surface area contributed by atoms with E-state index in [1.807, 2.05) is 4.83 Å². The summed E-state index contributed by atoms with van der Waals surface area (Å²) < 4.78 is 45.9. The molecule has 7 nitrogen and oxygen atoms in total. The molecule has 10 heteroatoms. The zero-order chi connectivity index (χ0) is 14.1. The molecule has 1 aliphatic rings. The minimum atomic E-state index is -3.78. The fraction of sp³-hybridized carbons (Fsp3) is 0.444. The van der Waals surface area contributed by atoms with E-state index in [9.17, 15) is 21.6 Å². The van der Waals surface area contributed by atoms with Crippen LogP contribution >= 0.6 is 11.3 Å². The molecular formula is C9H12N2O5S3. The molecule has 1 atom stereocenters. The fourth-order valence-electron chi connectivity index (χ4n) is 1.69. The first-order valence-electron chi connectivity index (χ1n) is 5.36. The van der Waals surface area contributed by atoms with Crippen LogP contribution in [0.2, 0.25) is 0 Å². The van der Waals surface area contributed by atoms with Crippen LogP contribution in [0.5, 0.6) is 0 Å². The number of nitrogens with one attached hydrogen (secondary N) is 2. The van der Waals surface area contributed by atoms with Gasteiger partial charge in [-0.2, -0.15) is 0 Å². The molecule has 19 heavy (non-hydrogen) atoms. The quantitative estimate of drug-likeness (QED) is 0.725. The number of carbonyl (C=O) groups excluding carboxylic acids is 1. The van der Waals surface area contributed by atoms with Gasteiger partial charge in [0.05, 0.1) is 17.4 Å². The third kappa shape index (κ3) is 3.53. The van der Waals surface area contributed by atoms with Crippen molar-refractivity contribution in [2.75, 3.05) is 11.5 Å². The minimum Gasteiger partial charge on any atom is -0.277 e. The van der Waals surface area contributed by atoms with Crippen LogP contribution in [-0.2, 0) is 24.7 Å². The summed E-state index contributed by atoms with van der Waals surface area (Å²) >= 11 is 1.02. The molecule has 0 saturated carbocycles. The van der Waals surface area contributed by atoms with E-state index in [2.05, 4.69) is 5.43 Å². The summed E-state index contributed by atoms with van der Waals surface area (Å²) in [5, 5.41) is 1.60. The van der Waals surface area contributed by atoms with Crippen LogP contribution in [0, 0.1) is 5.92 Å². The van der Waals surface area contributed by atoms with E-state index in [4.69, 9.17) is 0 Å². The zero-order valence-electron chi connectivity index (χ0n) is 9.70. The summed E-state index contributed by atoms with van der Waals surface area (Å²) in [6.07, 6.45) is 0.217. The number of amides is 1. The molecule has 1 fully saturated rings. The molecule has 2 N–H and O–H groups in total. The second kappa shape index (κ2) is 5.19. The monoisotopic (exact) mass is 324 g/mol. The van der Waals surface area contributed by atoms with Gasteiger partial charge >= 0.3 is 0 Å². The molecule has 1 amide bonds. The van der Waals surface area contributed by atoms with Crippen molar-refractivity contribution in [3.05, 3.63) is 17.5 Å². The number of thiophene rings is 1. The van der Waals surface area contributed by atoms with E-state index in [1.54, 1.807) is 11.4 Å². The lowest BCUT2D eigenvalue weighted by molar-refractivity contribution is -0.124. The molecule has 2 rings (SSSR count). The summed E-state index contributed by atoms with van der Waals surface area (Å²) in [6, 6.07) is 2.98. The summed E-state index contributed by atoms with van der Waals surface area (Å²) in [6.45, 7) is 0. The van der Waals surface area contributed by atoms with Crippen molar-refractivity contribution >= 4 is 37.1 Å². The standard InChI is InChI=1S/C9H12N2O5S3/c12-9(7-3-5-18(13,14)6-7)10-11-19(15,16)8-2-1-4-17-8/h1-2,4,7,11H,3,5-6H2,(H,10,12)/t7-/m1/s1. The molecule has 2 heterocycles. The van der Waals surface area contributed by atoms with Crippen LogP contribution in [-0.4, -0.2) is 34.2 Å². The van der Waals surface area contributed by atoms with E-state index in [0.29, 0.717) is 0 Å². The molecule has 1 aromatic heterocycles. The van der Waals surface area contributed by atoms with Gasteiger partial charge in [-0.1, -0.05) is 6.07 Å². The zero-order valence-corrected chi connectivity index (χ0v) is 12.1. The van der Waals surface area contributed by atoms with Gasteiger partial charge in [0.1, 0.15) is 4.21 Å². The molecule has 106 valence electrons. The van der Waals surface area contributed by atoms with Gasteiger partial charge in [0.25, 0.3) is 10.0 Å². The Balaban J connectivity index is 1.95. The first-order valence-corrected chi connectivity index (χ1v) is 9.54. The van der Waals surface area contributed by atoms with E-state index in [-0.39, 0.29) is 22.1 Å². The molecular weight excluding hydrogens is 312 g/mol. The Bertz CT molecular complexity index is 663. The molecule has 0 spiro atoms. The first-order chi connectivity index (χ1) is 8.80. The third-order valence-corrected chi connectivity index (χ3v) is 7.08. The minimum absolute atomic E-state index is 0.0389. The van der Waals surface area contributed by atoms with Crippen molar-refractivity contribution in [2.45, 2.75) is 10.6 Å². The van der Waals surface area contributed by atoms with Crippen molar-refractivity contribution in [1.82, 2.24) is 10.3 Å². The van der Waals surface area contributed by atoms with E-state index >= 15 is 0 Å². The van der Waals surface area contributed by atoms with Crippen molar-refractivity contribution in [2.24, 2.45) is 5.92 Å². The molecule has 0 aromatic carbocycles. The Morgan fingerprint density at radius 2 is 2.16 bits per heavy atom. The highest BCUT2D eigenvalue weighted by Gasteiger charge is 2.33. The van der Waals surface area contributed by atoms with Crippen LogP contribution in [0.1, 0.15) is 6.42 Å². The number of sulfonamides is 1. The predicted octanol–water partition coefficient (Wildman–Crippen LogP) is -0.508. The lowest BCUT2D eigenvalue weighted by Crippen LogP contribution is -2.44. The Kier molecular flexibility index (Phi) is 3.95. The summed E-state index contributed by atoms with van der Waals surface area (Å²) in [7, 11) is -6.96. The highest BCUT2D eigenvalue weighted by Crippen LogP contribution is 2.18. The highest BCUT2D eigenvalue weighted by molar-refractivity contribution is 7.91. The van der Waals surface area contributed by atoms with Gasteiger partial charge < -0.3 is 0 Å². The van der Waals surface area contributed by atoms with Crippen molar-refractivity contribution in [3.63, 3.8) is 0 Å².